The van der Waals surface area contributed by atoms with E-state index in [2.05, 4.69) is 117 Å². The molecule has 296 valence electrons. The predicted molar refractivity (Wildman–Crippen MR) is 220 cm³/mol. The molecule has 57 heavy (non-hydrogen) atoms. The maximum Gasteiger partial charge on any atom is 0.411 e. The molecule has 8 atom stereocenters. The number of rotatable bonds is 2. The highest BCUT2D eigenvalue weighted by atomic mass is 16.5. The fourth-order valence-electron chi connectivity index (χ4n) is 12.4. The van der Waals surface area contributed by atoms with Gasteiger partial charge in [-0.25, -0.2) is 4.79 Å². The lowest BCUT2D eigenvalue weighted by Crippen LogP contribution is -2.47. The lowest BCUT2D eigenvalue weighted by molar-refractivity contribution is 0.0238. The van der Waals surface area contributed by atoms with E-state index >= 15 is 0 Å². The zero-order valence-electron chi connectivity index (χ0n) is 33.0. The lowest BCUT2D eigenvalue weighted by Gasteiger charge is -2.34. The van der Waals surface area contributed by atoms with Gasteiger partial charge in [0.05, 0.1) is 24.1 Å². The third-order valence-corrected chi connectivity index (χ3v) is 15.2. The minimum absolute atomic E-state index is 0.0350. The average Bonchev–Trinajstić information content (AvgIpc) is 4.10. The van der Waals surface area contributed by atoms with Gasteiger partial charge in [-0.2, -0.15) is 0 Å². The van der Waals surface area contributed by atoms with Crippen LogP contribution >= 0.6 is 0 Å². The van der Waals surface area contributed by atoms with Gasteiger partial charge in [0.1, 0.15) is 29.7 Å². The minimum Gasteiger partial charge on any atom is -0.453 e. The van der Waals surface area contributed by atoms with Gasteiger partial charge in [0.2, 0.25) is 0 Å². The molecule has 4 saturated heterocycles. The Bertz CT molecular complexity index is 2320. The molecule has 12 nitrogen and oxygen atoms in total. The summed E-state index contributed by atoms with van der Waals surface area (Å²) in [6, 6.07) is 29.8. The molecule has 8 aliphatic heterocycles. The van der Waals surface area contributed by atoms with Gasteiger partial charge in [0.15, 0.2) is 0 Å². The van der Waals surface area contributed by atoms with Crippen molar-refractivity contribution in [1.29, 1.82) is 0 Å². The molecule has 12 heteroatoms. The van der Waals surface area contributed by atoms with Crippen LogP contribution in [0.15, 0.2) is 84.9 Å². The number of carbonyl (C=O) groups is 1. The van der Waals surface area contributed by atoms with Crippen LogP contribution in [0.1, 0.15) is 59.1 Å². The molecule has 0 radical (unpaired) electrons. The summed E-state index contributed by atoms with van der Waals surface area (Å²) in [5.74, 6) is 0. The molecule has 6 N–H and O–H groups in total. The molecule has 12 rings (SSSR count). The first-order valence-corrected chi connectivity index (χ1v) is 20.5. The van der Waals surface area contributed by atoms with E-state index in [1.165, 1.54) is 29.5 Å². The highest BCUT2D eigenvalue weighted by Crippen LogP contribution is 2.59. The summed E-state index contributed by atoms with van der Waals surface area (Å²) in [5, 5.41) is 37.7. The zero-order valence-corrected chi connectivity index (χ0v) is 33.0. The number of ether oxygens (including phenoxy) is 1. The number of likely N-dealkylation sites (tertiary alicyclic amines) is 4. The fourth-order valence-corrected chi connectivity index (χ4v) is 12.4. The number of hydrogen-bond donors (Lipinski definition) is 6. The van der Waals surface area contributed by atoms with E-state index < -0.39 is 16.6 Å². The Kier molecular flexibility index (Phi) is 7.49. The second-order valence-electron chi connectivity index (χ2n) is 17.6. The van der Waals surface area contributed by atoms with Crippen molar-refractivity contribution >= 4 is 28.8 Å². The molecule has 4 aromatic carbocycles. The van der Waals surface area contributed by atoms with E-state index in [0.29, 0.717) is 13.0 Å². The number of benzene rings is 4. The smallest absolute Gasteiger partial charge is 0.411 e. The Labute approximate surface area is 333 Å². The number of methoxy groups -OCH3 is 1. The monoisotopic (exact) mass is 768 g/mol. The van der Waals surface area contributed by atoms with Crippen LogP contribution in [0.4, 0.5) is 27.5 Å². The Morgan fingerprint density at radius 2 is 0.965 bits per heavy atom. The quantitative estimate of drug-likeness (QED) is 0.168. The Hall–Kier alpha value is -4.85. The summed E-state index contributed by atoms with van der Waals surface area (Å²) < 4.78 is 5.09. The van der Waals surface area contributed by atoms with Crippen molar-refractivity contribution in [2.75, 3.05) is 75.7 Å². The molecule has 0 aromatic heterocycles. The van der Waals surface area contributed by atoms with Crippen molar-refractivity contribution in [3.63, 3.8) is 0 Å². The molecular formula is C45H52N8O4. The van der Waals surface area contributed by atoms with Gasteiger partial charge in [-0.3, -0.25) is 19.6 Å². The molecular weight excluding hydrogens is 717 g/mol. The Morgan fingerprint density at radius 1 is 0.544 bits per heavy atom. The summed E-state index contributed by atoms with van der Waals surface area (Å²) in [4.78, 5) is 21.2. The maximum atomic E-state index is 12.6. The molecule has 0 saturated carbocycles. The second kappa shape index (κ2) is 12.1. The van der Waals surface area contributed by atoms with Gasteiger partial charge in [-0.05, 0) is 81.2 Å². The largest absolute Gasteiger partial charge is 0.453 e. The number of fused-ring (bicyclic) bond motifs is 12. The molecule has 8 heterocycles. The van der Waals surface area contributed by atoms with Gasteiger partial charge in [-0.15, -0.1) is 0 Å². The number of nitrogens with zero attached hydrogens (tertiary/aromatic N) is 4. The van der Waals surface area contributed by atoms with E-state index in [9.17, 15) is 15.0 Å². The van der Waals surface area contributed by atoms with Gasteiger partial charge in [-0.1, -0.05) is 72.8 Å². The SMILES string of the molecule is CN1CCC2(O)c3cccc(C45CCN(C)C4Nc4ccccc45)c3NC12.COC(=O)N1CCC2(c3cccc4c3NC3N(C)CCC43O)c3ccccc3NC12. The number of hydrogen-bond acceptors (Lipinski definition) is 11. The number of anilines is 4. The third-order valence-electron chi connectivity index (χ3n) is 15.2. The minimum atomic E-state index is -0.890. The first-order chi connectivity index (χ1) is 27.6. The van der Waals surface area contributed by atoms with Crippen molar-refractivity contribution in [2.24, 2.45) is 0 Å². The molecule has 4 fully saturated rings. The number of likely N-dealkylation sites (N-methyl/N-ethyl adjacent to an activating group) is 3. The van der Waals surface area contributed by atoms with Crippen LogP contribution in [0.3, 0.4) is 0 Å². The summed E-state index contributed by atoms with van der Waals surface area (Å²) in [6.07, 6.45) is 2.87. The number of aliphatic hydroxyl groups is 2. The van der Waals surface area contributed by atoms with Crippen molar-refractivity contribution in [3.8, 4) is 0 Å². The van der Waals surface area contributed by atoms with Crippen LogP contribution in [0.2, 0.25) is 0 Å². The highest BCUT2D eigenvalue weighted by molar-refractivity contribution is 5.79. The van der Waals surface area contributed by atoms with Crippen LogP contribution in [-0.2, 0) is 26.8 Å². The van der Waals surface area contributed by atoms with Gasteiger partial charge < -0.3 is 36.2 Å². The summed E-state index contributed by atoms with van der Waals surface area (Å²) in [7, 11) is 7.78. The first kappa shape index (κ1) is 35.3. The topological polar surface area (TPSA) is 128 Å². The van der Waals surface area contributed by atoms with E-state index in [1.807, 2.05) is 25.2 Å². The highest BCUT2D eigenvalue weighted by Gasteiger charge is 2.61. The first-order valence-electron chi connectivity index (χ1n) is 20.5. The Balaban J connectivity index is 0.000000132. The van der Waals surface area contributed by atoms with Crippen molar-refractivity contribution in [3.05, 3.63) is 118 Å². The maximum absolute atomic E-state index is 12.6. The van der Waals surface area contributed by atoms with E-state index in [1.54, 1.807) is 4.90 Å². The van der Waals surface area contributed by atoms with Crippen LogP contribution in [0.5, 0.6) is 0 Å². The van der Waals surface area contributed by atoms with Crippen LogP contribution in [0, 0.1) is 0 Å². The van der Waals surface area contributed by atoms with Crippen molar-refractivity contribution in [1.82, 2.24) is 19.6 Å². The molecule has 1 amide bonds. The van der Waals surface area contributed by atoms with Gasteiger partial charge >= 0.3 is 6.09 Å². The van der Waals surface area contributed by atoms with Crippen molar-refractivity contribution in [2.45, 2.75) is 72.4 Å². The summed E-state index contributed by atoms with van der Waals surface area (Å²) in [6.45, 7) is 3.43. The van der Waals surface area contributed by atoms with E-state index in [-0.39, 0.29) is 36.2 Å². The van der Waals surface area contributed by atoms with Crippen LogP contribution in [0.25, 0.3) is 0 Å². The molecule has 4 aromatic rings. The normalized spacial score (nSPS) is 34.9. The molecule has 8 unspecified atom stereocenters. The number of amides is 1. The predicted octanol–water partition coefficient (Wildman–Crippen LogP) is 4.81. The molecule has 8 aliphatic rings. The zero-order chi connectivity index (χ0) is 39.1. The summed E-state index contributed by atoms with van der Waals surface area (Å²) in [5.41, 5.74) is 9.32. The number of para-hydroxylation sites is 4. The number of nitrogens with one attached hydrogen (secondary N) is 4. The third kappa shape index (κ3) is 4.42. The molecule has 0 aliphatic carbocycles. The fraction of sp³-hybridized carbons (Fsp3) is 0.444. The Morgan fingerprint density at radius 3 is 1.51 bits per heavy atom. The standard InChI is InChI=1S/C23H26N4O3.C22H26N4O/c1-26-12-11-23(29)16-8-5-7-15(18(16)25-20(23)26)22-10-13-27(21(28)30-2)19(22)24-17-9-4-3-6-14(17)22;1-25-12-10-21(14-6-3-4-9-17(14)23-19(21)25)15-7-5-8-16-18(15)24-20-22(16,27)11-13-26(20)2/h3-9,19-20,24-25,29H,10-13H2,1-2H3;3-9,19-20,23-24,27H,10-13H2,1-2H3. The summed E-state index contributed by atoms with van der Waals surface area (Å²) >= 11 is 0. The number of carbonyl (C=O) groups excluding carboxylic acids is 1. The van der Waals surface area contributed by atoms with Gasteiger partial charge in [0, 0.05) is 60.1 Å². The van der Waals surface area contributed by atoms with Crippen molar-refractivity contribution < 1.29 is 19.7 Å². The average molecular weight is 769 g/mol. The molecule has 0 bridgehead atoms. The molecule has 0 spiro atoms. The van der Waals surface area contributed by atoms with E-state index in [0.717, 1.165) is 72.6 Å². The van der Waals surface area contributed by atoms with Crippen LogP contribution in [-0.4, -0.2) is 115 Å². The van der Waals surface area contributed by atoms with Crippen LogP contribution < -0.4 is 21.3 Å². The van der Waals surface area contributed by atoms with E-state index in [4.69, 9.17) is 4.74 Å². The second-order valence-corrected chi connectivity index (χ2v) is 17.6. The van der Waals surface area contributed by atoms with Gasteiger partial charge in [0.25, 0.3) is 0 Å². The lowest BCUT2D eigenvalue weighted by atomic mass is 9.72.